The normalized spacial score (nSPS) is 28.6. The third kappa shape index (κ3) is 5.57. The van der Waals surface area contributed by atoms with E-state index in [9.17, 15) is 9.90 Å². The molecule has 19 heavy (non-hydrogen) atoms. The maximum atomic E-state index is 11.3. The van der Waals surface area contributed by atoms with Crippen molar-refractivity contribution in [2.45, 2.75) is 45.3 Å². The van der Waals surface area contributed by atoms with Crippen molar-refractivity contribution in [3.05, 3.63) is 23.8 Å². The number of hydrogen-bond donors (Lipinski definition) is 1. The minimum absolute atomic E-state index is 0.0459. The van der Waals surface area contributed by atoms with E-state index in [-0.39, 0.29) is 37.1 Å². The Balaban J connectivity index is 2.62. The average Bonchev–Trinajstić information content (AvgIpc) is 2.44. The summed E-state index contributed by atoms with van der Waals surface area (Å²) in [6.45, 7) is 4.14. The molecular formula is C15H24O4. The standard InChI is InChI=1S/C15H24O4/c1-4-11(2)5-6-13-7-12(10-16)8-14(19-13)9-15(17)18-3/h4-6,12-14,16H,7-10H2,1-3H3/b6-5+,11-4+/t12-,13+,14-/m0/s1. The number of allylic oxidation sites excluding steroid dienone is 3. The topological polar surface area (TPSA) is 55.8 Å². The van der Waals surface area contributed by atoms with Crippen LogP contribution in [-0.2, 0) is 14.3 Å². The summed E-state index contributed by atoms with van der Waals surface area (Å²) in [5, 5.41) is 9.33. The summed E-state index contributed by atoms with van der Waals surface area (Å²) in [7, 11) is 1.38. The first-order chi connectivity index (χ1) is 9.08. The molecule has 1 heterocycles. The fourth-order valence-electron chi connectivity index (χ4n) is 2.18. The number of aliphatic hydroxyl groups is 1. The molecule has 3 atom stereocenters. The molecule has 0 aromatic heterocycles. The molecule has 1 N–H and O–H groups in total. The lowest BCUT2D eigenvalue weighted by molar-refractivity contribution is -0.147. The summed E-state index contributed by atoms with van der Waals surface area (Å²) in [6.07, 6.45) is 7.57. The molecule has 1 rings (SSSR count). The highest BCUT2D eigenvalue weighted by atomic mass is 16.5. The molecule has 0 aliphatic carbocycles. The average molecular weight is 268 g/mol. The summed E-state index contributed by atoms with van der Waals surface area (Å²) in [4.78, 5) is 11.3. The van der Waals surface area contributed by atoms with Crippen molar-refractivity contribution in [2.24, 2.45) is 5.92 Å². The largest absolute Gasteiger partial charge is 0.469 e. The minimum atomic E-state index is -0.268. The van der Waals surface area contributed by atoms with Crippen molar-refractivity contribution in [1.29, 1.82) is 0 Å². The minimum Gasteiger partial charge on any atom is -0.469 e. The van der Waals surface area contributed by atoms with Crippen molar-refractivity contribution >= 4 is 5.97 Å². The van der Waals surface area contributed by atoms with Crippen LogP contribution in [0.3, 0.4) is 0 Å². The molecule has 1 fully saturated rings. The molecule has 1 aliphatic rings. The number of carbonyl (C=O) groups excluding carboxylic acids is 1. The summed E-state index contributed by atoms with van der Waals surface area (Å²) in [6, 6.07) is 0. The summed E-state index contributed by atoms with van der Waals surface area (Å²) in [5.41, 5.74) is 1.17. The lowest BCUT2D eigenvalue weighted by atomic mass is 9.90. The Morgan fingerprint density at radius 1 is 1.47 bits per heavy atom. The molecule has 0 aromatic carbocycles. The van der Waals surface area contributed by atoms with Crippen molar-refractivity contribution in [1.82, 2.24) is 0 Å². The SMILES string of the molecule is C/C=C(C)/C=C/[C@@H]1C[C@H](CO)C[C@@H](CC(=O)OC)O1. The maximum absolute atomic E-state index is 11.3. The third-order valence-electron chi connectivity index (χ3n) is 3.44. The van der Waals surface area contributed by atoms with Gasteiger partial charge >= 0.3 is 5.97 Å². The van der Waals surface area contributed by atoms with Gasteiger partial charge in [0.15, 0.2) is 0 Å². The fourth-order valence-corrected chi connectivity index (χ4v) is 2.18. The number of hydrogen-bond acceptors (Lipinski definition) is 4. The molecule has 4 nitrogen and oxygen atoms in total. The zero-order valence-corrected chi connectivity index (χ0v) is 12.0. The summed E-state index contributed by atoms with van der Waals surface area (Å²) < 4.78 is 10.5. The van der Waals surface area contributed by atoms with E-state index in [1.54, 1.807) is 0 Å². The van der Waals surface area contributed by atoms with Gasteiger partial charge in [-0.2, -0.15) is 0 Å². The second-order valence-corrected chi connectivity index (χ2v) is 4.99. The Labute approximate surface area is 115 Å². The number of methoxy groups -OCH3 is 1. The molecule has 108 valence electrons. The Bertz CT molecular complexity index is 346. The first kappa shape index (κ1) is 15.9. The highest BCUT2D eigenvalue weighted by Gasteiger charge is 2.29. The van der Waals surface area contributed by atoms with Crippen LogP contribution in [0.1, 0.15) is 33.1 Å². The van der Waals surface area contributed by atoms with Crippen LogP contribution < -0.4 is 0 Å². The van der Waals surface area contributed by atoms with Gasteiger partial charge in [0.25, 0.3) is 0 Å². The Morgan fingerprint density at radius 3 is 2.79 bits per heavy atom. The second kappa shape index (κ2) is 8.12. The van der Waals surface area contributed by atoms with E-state index in [0.29, 0.717) is 6.42 Å². The van der Waals surface area contributed by atoms with Crippen LogP contribution in [0.5, 0.6) is 0 Å². The number of rotatable bonds is 5. The van der Waals surface area contributed by atoms with E-state index in [4.69, 9.17) is 4.74 Å². The molecule has 1 saturated heterocycles. The van der Waals surface area contributed by atoms with Crippen LogP contribution in [0.4, 0.5) is 0 Å². The highest BCUT2D eigenvalue weighted by Crippen LogP contribution is 2.27. The van der Waals surface area contributed by atoms with Crippen LogP contribution in [0.15, 0.2) is 23.8 Å². The van der Waals surface area contributed by atoms with Crippen molar-refractivity contribution < 1.29 is 19.4 Å². The first-order valence-corrected chi connectivity index (χ1v) is 6.73. The van der Waals surface area contributed by atoms with Gasteiger partial charge in [0.1, 0.15) is 0 Å². The van der Waals surface area contributed by atoms with Gasteiger partial charge in [0.05, 0.1) is 25.7 Å². The molecule has 0 aromatic rings. The van der Waals surface area contributed by atoms with Gasteiger partial charge in [-0.05, 0) is 32.6 Å². The maximum Gasteiger partial charge on any atom is 0.308 e. The van der Waals surface area contributed by atoms with Crippen LogP contribution in [-0.4, -0.2) is 37.0 Å². The molecule has 0 radical (unpaired) electrons. The van der Waals surface area contributed by atoms with Crippen LogP contribution in [0, 0.1) is 5.92 Å². The van der Waals surface area contributed by atoms with E-state index in [2.05, 4.69) is 4.74 Å². The number of esters is 1. The van der Waals surface area contributed by atoms with E-state index in [0.717, 1.165) is 6.42 Å². The molecule has 0 bridgehead atoms. The fraction of sp³-hybridized carbons (Fsp3) is 0.667. The molecule has 1 aliphatic heterocycles. The highest BCUT2D eigenvalue weighted by molar-refractivity contribution is 5.69. The second-order valence-electron chi connectivity index (χ2n) is 4.99. The van der Waals surface area contributed by atoms with Crippen molar-refractivity contribution in [3.8, 4) is 0 Å². The third-order valence-corrected chi connectivity index (χ3v) is 3.44. The molecule has 0 amide bonds. The molecule has 4 heteroatoms. The summed E-state index contributed by atoms with van der Waals surface area (Å²) >= 11 is 0. The van der Waals surface area contributed by atoms with Gasteiger partial charge in [0.2, 0.25) is 0 Å². The van der Waals surface area contributed by atoms with Crippen molar-refractivity contribution in [2.75, 3.05) is 13.7 Å². The van der Waals surface area contributed by atoms with Gasteiger partial charge in [-0.25, -0.2) is 0 Å². The van der Waals surface area contributed by atoms with Crippen LogP contribution >= 0.6 is 0 Å². The molecule has 0 spiro atoms. The van der Waals surface area contributed by atoms with Crippen LogP contribution in [0.2, 0.25) is 0 Å². The smallest absolute Gasteiger partial charge is 0.308 e. The number of carbonyl (C=O) groups is 1. The van der Waals surface area contributed by atoms with E-state index < -0.39 is 0 Å². The number of ether oxygens (including phenoxy) is 2. The summed E-state index contributed by atoms with van der Waals surface area (Å²) in [5.74, 6) is -0.0834. The Kier molecular flexibility index (Phi) is 6.81. The molecular weight excluding hydrogens is 244 g/mol. The van der Waals surface area contributed by atoms with Crippen molar-refractivity contribution in [3.63, 3.8) is 0 Å². The quantitative estimate of drug-likeness (QED) is 0.613. The lowest BCUT2D eigenvalue weighted by Crippen LogP contribution is -2.34. The first-order valence-electron chi connectivity index (χ1n) is 6.73. The van der Waals surface area contributed by atoms with E-state index in [1.165, 1.54) is 12.7 Å². The monoisotopic (exact) mass is 268 g/mol. The van der Waals surface area contributed by atoms with Gasteiger partial charge in [-0.1, -0.05) is 23.8 Å². The molecule has 0 saturated carbocycles. The Morgan fingerprint density at radius 2 is 2.21 bits per heavy atom. The Hall–Kier alpha value is -1.13. The van der Waals surface area contributed by atoms with Gasteiger partial charge in [-0.15, -0.1) is 0 Å². The van der Waals surface area contributed by atoms with Gasteiger partial charge < -0.3 is 14.6 Å². The van der Waals surface area contributed by atoms with E-state index >= 15 is 0 Å². The zero-order chi connectivity index (χ0) is 14.3. The van der Waals surface area contributed by atoms with E-state index in [1.807, 2.05) is 32.1 Å². The van der Waals surface area contributed by atoms with Crippen LogP contribution in [0.25, 0.3) is 0 Å². The van der Waals surface area contributed by atoms with Gasteiger partial charge in [-0.3, -0.25) is 4.79 Å². The predicted octanol–water partition coefficient (Wildman–Crippen LogP) is 2.23. The lowest BCUT2D eigenvalue weighted by Gasteiger charge is -2.33. The number of aliphatic hydroxyl groups excluding tert-OH is 1. The zero-order valence-electron chi connectivity index (χ0n) is 12.0. The predicted molar refractivity (Wildman–Crippen MR) is 73.7 cm³/mol. The van der Waals surface area contributed by atoms with Gasteiger partial charge in [0, 0.05) is 6.61 Å². The molecule has 0 unspecified atom stereocenters.